The summed E-state index contributed by atoms with van der Waals surface area (Å²) >= 11 is 0.557. The molecule has 0 bridgehead atoms. The van der Waals surface area contributed by atoms with Crippen LogP contribution in [0.25, 0.3) is 12.2 Å². The van der Waals surface area contributed by atoms with Crippen LogP contribution >= 0.6 is 0 Å². The molecule has 70 valence electrons. The summed E-state index contributed by atoms with van der Waals surface area (Å²) in [6, 6.07) is 12.9. The first kappa shape index (κ1) is 9.51. The zero-order valence-corrected chi connectivity index (χ0v) is 9.82. The first-order chi connectivity index (χ1) is 6.84. The topological polar surface area (TPSA) is 0 Å². The molecule has 14 heavy (non-hydrogen) atoms. The molecule has 0 atom stereocenters. The SMILES string of the molecule is Cc1ccc(/C=C/c2ccc[se]2)cc1. The molecular formula is C13H12Se. The summed E-state index contributed by atoms with van der Waals surface area (Å²) in [6.45, 7) is 2.11. The van der Waals surface area contributed by atoms with Gasteiger partial charge in [-0.15, -0.1) is 0 Å². The summed E-state index contributed by atoms with van der Waals surface area (Å²) in [5, 5.41) is 0. The molecule has 0 unspecified atom stereocenters. The first-order valence-electron chi connectivity index (χ1n) is 4.63. The Bertz CT molecular complexity index is 407. The quantitative estimate of drug-likeness (QED) is 0.715. The van der Waals surface area contributed by atoms with Crippen molar-refractivity contribution in [2.45, 2.75) is 6.92 Å². The Hall–Kier alpha value is -1.04. The van der Waals surface area contributed by atoms with Crippen molar-refractivity contribution in [3.05, 3.63) is 56.9 Å². The van der Waals surface area contributed by atoms with Crippen molar-refractivity contribution in [1.82, 2.24) is 0 Å². The second-order valence-corrected chi connectivity index (χ2v) is 5.31. The van der Waals surface area contributed by atoms with E-state index < -0.39 is 0 Å². The van der Waals surface area contributed by atoms with E-state index in [1.54, 1.807) is 0 Å². The van der Waals surface area contributed by atoms with Crippen LogP contribution in [0, 0.1) is 6.92 Å². The Balaban J connectivity index is 2.15. The summed E-state index contributed by atoms with van der Waals surface area (Å²) in [6.07, 6.45) is 4.39. The van der Waals surface area contributed by atoms with E-state index in [0.717, 1.165) is 0 Å². The van der Waals surface area contributed by atoms with Gasteiger partial charge in [0, 0.05) is 0 Å². The zero-order chi connectivity index (χ0) is 9.80. The third kappa shape index (κ3) is 2.47. The molecule has 2 aromatic rings. The van der Waals surface area contributed by atoms with Gasteiger partial charge in [-0.1, -0.05) is 0 Å². The number of benzene rings is 1. The molecule has 0 saturated heterocycles. The number of rotatable bonds is 2. The van der Waals surface area contributed by atoms with E-state index in [2.05, 4.69) is 60.4 Å². The van der Waals surface area contributed by atoms with Gasteiger partial charge < -0.3 is 0 Å². The molecule has 0 aliphatic carbocycles. The van der Waals surface area contributed by atoms with Crippen molar-refractivity contribution >= 4 is 26.7 Å². The van der Waals surface area contributed by atoms with E-state index in [4.69, 9.17) is 0 Å². The molecule has 1 aromatic heterocycles. The summed E-state index contributed by atoms with van der Waals surface area (Å²) < 4.78 is 1.44. The summed E-state index contributed by atoms with van der Waals surface area (Å²) in [4.78, 5) is 2.24. The van der Waals surface area contributed by atoms with Crippen molar-refractivity contribution in [2.24, 2.45) is 0 Å². The van der Waals surface area contributed by atoms with Gasteiger partial charge in [-0.2, -0.15) is 0 Å². The van der Waals surface area contributed by atoms with Gasteiger partial charge in [0.15, 0.2) is 0 Å². The van der Waals surface area contributed by atoms with Gasteiger partial charge in [0.25, 0.3) is 0 Å². The first-order valence-corrected chi connectivity index (χ1v) is 6.47. The molecule has 0 amide bonds. The maximum atomic E-state index is 2.24. The Morgan fingerprint density at radius 3 is 2.43 bits per heavy atom. The second kappa shape index (κ2) is 4.45. The molecule has 0 fully saturated rings. The molecule has 0 N–H and O–H groups in total. The van der Waals surface area contributed by atoms with Gasteiger partial charge in [-0.3, -0.25) is 0 Å². The Morgan fingerprint density at radius 2 is 1.79 bits per heavy atom. The van der Waals surface area contributed by atoms with Crippen molar-refractivity contribution < 1.29 is 0 Å². The second-order valence-electron chi connectivity index (χ2n) is 3.26. The van der Waals surface area contributed by atoms with E-state index in [0.29, 0.717) is 14.5 Å². The van der Waals surface area contributed by atoms with Crippen LogP contribution in [0.1, 0.15) is 15.6 Å². The number of hydrogen-bond acceptors (Lipinski definition) is 0. The number of aryl methyl sites for hydroxylation is 1. The van der Waals surface area contributed by atoms with Crippen molar-refractivity contribution in [1.29, 1.82) is 0 Å². The fourth-order valence-corrected chi connectivity index (χ4v) is 2.54. The van der Waals surface area contributed by atoms with Crippen molar-refractivity contribution in [2.75, 3.05) is 0 Å². The fraction of sp³-hybridized carbons (Fsp3) is 0.0769. The van der Waals surface area contributed by atoms with Gasteiger partial charge in [-0.25, -0.2) is 0 Å². The van der Waals surface area contributed by atoms with Crippen LogP contribution in [0.5, 0.6) is 0 Å². The standard InChI is InChI=1S/C13H12Se/c1-11-4-6-12(7-5-11)8-9-13-3-2-10-14-13/h2-10H,1H3/b9-8+. The number of hydrogen-bond donors (Lipinski definition) is 0. The van der Waals surface area contributed by atoms with E-state index in [-0.39, 0.29) is 0 Å². The monoisotopic (exact) mass is 248 g/mol. The van der Waals surface area contributed by atoms with Gasteiger partial charge in [0.05, 0.1) is 0 Å². The van der Waals surface area contributed by atoms with E-state index >= 15 is 0 Å². The maximum absolute atomic E-state index is 2.24. The summed E-state index contributed by atoms with van der Waals surface area (Å²) in [7, 11) is 0. The Labute approximate surface area is 90.7 Å². The Kier molecular flexibility index (Phi) is 3.03. The molecule has 0 saturated carbocycles. The van der Waals surface area contributed by atoms with E-state index in [1.807, 2.05) is 0 Å². The van der Waals surface area contributed by atoms with Crippen LogP contribution < -0.4 is 0 Å². The zero-order valence-electron chi connectivity index (χ0n) is 8.10. The van der Waals surface area contributed by atoms with Crippen LogP contribution in [0.4, 0.5) is 0 Å². The molecule has 1 aromatic carbocycles. The van der Waals surface area contributed by atoms with Crippen molar-refractivity contribution in [3.8, 4) is 0 Å². The van der Waals surface area contributed by atoms with Crippen molar-refractivity contribution in [3.63, 3.8) is 0 Å². The third-order valence-electron chi connectivity index (χ3n) is 2.06. The van der Waals surface area contributed by atoms with Gasteiger partial charge in [0.1, 0.15) is 0 Å². The predicted octanol–water partition coefficient (Wildman–Crippen LogP) is 3.22. The average Bonchev–Trinajstić information content (AvgIpc) is 2.70. The van der Waals surface area contributed by atoms with Crippen LogP contribution in [-0.4, -0.2) is 14.5 Å². The fourth-order valence-electron chi connectivity index (χ4n) is 1.24. The molecule has 0 nitrogen and oxygen atoms in total. The van der Waals surface area contributed by atoms with Crippen LogP contribution in [0.3, 0.4) is 0 Å². The normalized spacial score (nSPS) is 10.9. The van der Waals surface area contributed by atoms with E-state index in [1.165, 1.54) is 15.6 Å². The van der Waals surface area contributed by atoms with E-state index in [9.17, 15) is 0 Å². The molecule has 2 rings (SSSR count). The van der Waals surface area contributed by atoms with Crippen LogP contribution in [-0.2, 0) is 0 Å². The van der Waals surface area contributed by atoms with Gasteiger partial charge >= 0.3 is 90.5 Å². The molecule has 1 heteroatoms. The van der Waals surface area contributed by atoms with Crippen LogP contribution in [0.2, 0.25) is 0 Å². The Morgan fingerprint density at radius 1 is 1.00 bits per heavy atom. The predicted molar refractivity (Wildman–Crippen MR) is 63.5 cm³/mol. The van der Waals surface area contributed by atoms with Gasteiger partial charge in [0.2, 0.25) is 0 Å². The third-order valence-corrected chi connectivity index (χ3v) is 3.82. The molecule has 0 radical (unpaired) electrons. The molecular weight excluding hydrogens is 235 g/mol. The minimum absolute atomic E-state index is 0.557. The van der Waals surface area contributed by atoms with Gasteiger partial charge in [-0.05, 0) is 0 Å². The molecule has 0 spiro atoms. The molecule has 0 aliphatic rings. The van der Waals surface area contributed by atoms with Crippen LogP contribution in [0.15, 0.2) is 41.3 Å². The minimum atomic E-state index is 0.557. The molecule has 0 aliphatic heterocycles. The summed E-state index contributed by atoms with van der Waals surface area (Å²) in [5.74, 6) is 0. The molecule has 1 heterocycles. The summed E-state index contributed by atoms with van der Waals surface area (Å²) in [5.41, 5.74) is 2.59. The average molecular weight is 247 g/mol.